The fourth-order valence-electron chi connectivity index (χ4n) is 2.07. The van der Waals surface area contributed by atoms with E-state index in [1.165, 1.54) is 10.8 Å². The van der Waals surface area contributed by atoms with Gasteiger partial charge < -0.3 is 0 Å². The first-order valence-corrected chi connectivity index (χ1v) is 6.77. The first-order chi connectivity index (χ1) is 10.0. The van der Waals surface area contributed by atoms with Crippen molar-refractivity contribution in [2.24, 2.45) is 0 Å². The van der Waals surface area contributed by atoms with Gasteiger partial charge in [-0.25, -0.2) is 4.68 Å². The number of allylic oxidation sites excluding steroid dienone is 3. The van der Waals surface area contributed by atoms with Gasteiger partial charge in [-0.1, -0.05) is 29.8 Å². The van der Waals surface area contributed by atoms with Crippen molar-refractivity contribution >= 4 is 11.9 Å². The molecule has 0 saturated heterocycles. The van der Waals surface area contributed by atoms with Crippen LogP contribution in [0, 0.1) is 0 Å². The number of nitrogens with one attached hydrogen (secondary N) is 1. The van der Waals surface area contributed by atoms with Gasteiger partial charge in [-0.3, -0.25) is 14.7 Å². The molecule has 21 heavy (non-hydrogen) atoms. The molecule has 0 aliphatic carbocycles. The lowest BCUT2D eigenvalue weighted by molar-refractivity contribution is 0.104. The highest BCUT2D eigenvalue weighted by atomic mass is 16.2. The topological polar surface area (TPSA) is 54.9 Å². The Morgan fingerprint density at radius 3 is 2.43 bits per heavy atom. The second kappa shape index (κ2) is 6.22. The minimum Gasteiger partial charge on any atom is -0.290 e. The van der Waals surface area contributed by atoms with E-state index in [0.29, 0.717) is 11.4 Å². The lowest BCUT2D eigenvalue weighted by atomic mass is 10.1. The van der Waals surface area contributed by atoms with Crippen molar-refractivity contribution in [3.05, 3.63) is 69.7 Å². The van der Waals surface area contributed by atoms with Gasteiger partial charge >= 0.3 is 0 Å². The zero-order chi connectivity index (χ0) is 15.4. The predicted octanol–water partition coefficient (Wildman–Crippen LogP) is 3.35. The summed E-state index contributed by atoms with van der Waals surface area (Å²) in [6, 6.07) is 9.18. The Kier molecular flexibility index (Phi) is 4.38. The van der Waals surface area contributed by atoms with Crippen LogP contribution in [0.4, 0.5) is 0 Å². The molecule has 0 radical (unpaired) electrons. The smallest absolute Gasteiger partial charge is 0.283 e. The fourth-order valence-corrected chi connectivity index (χ4v) is 2.07. The summed E-state index contributed by atoms with van der Waals surface area (Å²) in [7, 11) is 0. The first-order valence-electron chi connectivity index (χ1n) is 6.77. The number of nitrogens with zero attached hydrogens (tertiary/aromatic N) is 1. The van der Waals surface area contributed by atoms with E-state index in [2.05, 4.69) is 5.10 Å². The Bertz CT molecular complexity index is 758. The summed E-state index contributed by atoms with van der Waals surface area (Å²) in [5, 5.41) is 2.99. The number of H-pyrrole nitrogens is 1. The van der Waals surface area contributed by atoms with Gasteiger partial charge in [-0.15, -0.1) is 0 Å². The number of hydrogen-bond acceptors (Lipinski definition) is 2. The second-order valence-corrected chi connectivity index (χ2v) is 4.96. The zero-order valence-corrected chi connectivity index (χ0v) is 12.4. The van der Waals surface area contributed by atoms with Crippen LogP contribution in [0.25, 0.3) is 11.8 Å². The molecule has 0 spiro atoms. The first kappa shape index (κ1) is 14.8. The number of aromatic amines is 1. The minimum absolute atomic E-state index is 0.165. The van der Waals surface area contributed by atoms with Crippen LogP contribution in [-0.4, -0.2) is 15.6 Å². The highest BCUT2D eigenvalue weighted by Gasteiger charge is 2.18. The molecule has 0 fully saturated rings. The summed E-state index contributed by atoms with van der Waals surface area (Å²) in [5.41, 5.74) is 1.91. The van der Waals surface area contributed by atoms with E-state index in [-0.39, 0.29) is 16.9 Å². The fraction of sp³-hybridized carbons (Fsp3) is 0.176. The third kappa shape index (κ3) is 3.11. The third-order valence-corrected chi connectivity index (χ3v) is 2.93. The molecule has 0 aliphatic rings. The monoisotopic (exact) mass is 282 g/mol. The van der Waals surface area contributed by atoms with Crippen LogP contribution in [0.2, 0.25) is 0 Å². The molecule has 4 heteroatoms. The maximum absolute atomic E-state index is 12.5. The number of hydrogen-bond donors (Lipinski definition) is 1. The molecular weight excluding hydrogens is 264 g/mol. The predicted molar refractivity (Wildman–Crippen MR) is 84.9 cm³/mol. The highest BCUT2D eigenvalue weighted by molar-refractivity contribution is 6.06. The van der Waals surface area contributed by atoms with Gasteiger partial charge in [0.05, 0.1) is 11.4 Å². The molecule has 2 rings (SSSR count). The van der Waals surface area contributed by atoms with Gasteiger partial charge in [-0.2, -0.15) is 0 Å². The van der Waals surface area contributed by atoms with Crippen LogP contribution >= 0.6 is 0 Å². The van der Waals surface area contributed by atoms with Crippen molar-refractivity contribution < 1.29 is 4.79 Å². The molecule has 1 aromatic heterocycles. The maximum atomic E-state index is 12.5. The lowest BCUT2D eigenvalue weighted by Gasteiger charge is -1.99. The van der Waals surface area contributed by atoms with E-state index in [0.717, 1.165) is 5.57 Å². The van der Waals surface area contributed by atoms with Crippen molar-refractivity contribution in [2.45, 2.75) is 20.8 Å². The van der Waals surface area contributed by atoms with Crippen LogP contribution in [0.15, 0.2) is 52.9 Å². The Morgan fingerprint density at radius 2 is 1.86 bits per heavy atom. The Morgan fingerprint density at radius 1 is 1.19 bits per heavy atom. The number of rotatable bonds is 4. The van der Waals surface area contributed by atoms with Gasteiger partial charge in [0.15, 0.2) is 5.78 Å². The molecule has 1 N–H and O–H groups in total. The molecule has 0 saturated carbocycles. The average molecular weight is 282 g/mol. The van der Waals surface area contributed by atoms with Gasteiger partial charge in [0.2, 0.25) is 0 Å². The van der Waals surface area contributed by atoms with Gasteiger partial charge in [0.1, 0.15) is 5.56 Å². The summed E-state index contributed by atoms with van der Waals surface area (Å²) >= 11 is 0. The molecule has 2 aromatic rings. The van der Waals surface area contributed by atoms with Crippen molar-refractivity contribution in [3.63, 3.8) is 0 Å². The van der Waals surface area contributed by atoms with Crippen molar-refractivity contribution in [3.8, 4) is 5.69 Å². The van der Waals surface area contributed by atoms with Gasteiger partial charge in [0, 0.05) is 0 Å². The number of benzene rings is 1. The van der Waals surface area contributed by atoms with Crippen molar-refractivity contribution in [1.82, 2.24) is 9.78 Å². The van der Waals surface area contributed by atoms with E-state index in [1.54, 1.807) is 12.2 Å². The molecule has 108 valence electrons. The summed E-state index contributed by atoms with van der Waals surface area (Å²) in [6.45, 7) is 5.50. The summed E-state index contributed by atoms with van der Waals surface area (Å²) < 4.78 is 1.39. The Hall–Kier alpha value is -2.62. The molecule has 0 aliphatic heterocycles. The molecular formula is C17H18N2O2. The number of carbonyl (C=O) groups excluding carboxylic acids is 1. The van der Waals surface area contributed by atoms with E-state index < -0.39 is 0 Å². The molecule has 4 nitrogen and oxygen atoms in total. The van der Waals surface area contributed by atoms with Crippen LogP contribution in [0.1, 0.15) is 36.8 Å². The number of aromatic nitrogens is 2. The Labute approximate surface area is 123 Å². The summed E-state index contributed by atoms with van der Waals surface area (Å²) in [4.78, 5) is 24.8. The standard InChI is InChI=1S/C17H18N2O2/c1-4-8-14-16(15(20)11-12(2)3)17(21)19(18-14)13-9-6-5-7-10-13/h4-11,18H,1-3H3/b8-4+. The van der Waals surface area contributed by atoms with Crippen LogP contribution in [-0.2, 0) is 0 Å². The highest BCUT2D eigenvalue weighted by Crippen LogP contribution is 2.11. The quantitative estimate of drug-likeness (QED) is 0.690. The molecule has 1 heterocycles. The molecule has 0 atom stereocenters. The SMILES string of the molecule is C/C=C/c1[nH]n(-c2ccccc2)c(=O)c1C(=O)C=C(C)C. The molecule has 1 aromatic carbocycles. The van der Waals surface area contributed by atoms with E-state index >= 15 is 0 Å². The van der Waals surface area contributed by atoms with E-state index in [1.807, 2.05) is 51.1 Å². The number of para-hydroxylation sites is 1. The summed E-state index contributed by atoms with van der Waals surface area (Å²) in [5.74, 6) is -0.279. The Balaban J connectivity index is 2.65. The van der Waals surface area contributed by atoms with Crippen molar-refractivity contribution in [2.75, 3.05) is 0 Å². The lowest BCUT2D eigenvalue weighted by Crippen LogP contribution is -2.19. The molecule has 0 bridgehead atoms. The van der Waals surface area contributed by atoms with Crippen LogP contribution < -0.4 is 5.56 Å². The third-order valence-electron chi connectivity index (χ3n) is 2.93. The summed E-state index contributed by atoms with van der Waals surface area (Å²) in [6.07, 6.45) is 5.00. The van der Waals surface area contributed by atoms with Crippen LogP contribution in [0.3, 0.4) is 0 Å². The second-order valence-electron chi connectivity index (χ2n) is 4.96. The van der Waals surface area contributed by atoms with Gasteiger partial charge in [-0.05, 0) is 45.1 Å². The maximum Gasteiger partial charge on any atom is 0.283 e. The average Bonchev–Trinajstić information content (AvgIpc) is 2.76. The largest absolute Gasteiger partial charge is 0.290 e. The minimum atomic E-state index is -0.336. The number of carbonyl (C=O) groups is 1. The van der Waals surface area contributed by atoms with Crippen LogP contribution in [0.5, 0.6) is 0 Å². The normalized spacial score (nSPS) is 10.8. The molecule has 0 unspecified atom stereocenters. The number of ketones is 1. The van der Waals surface area contributed by atoms with Gasteiger partial charge in [0.25, 0.3) is 5.56 Å². The molecule has 0 amide bonds. The van der Waals surface area contributed by atoms with E-state index in [4.69, 9.17) is 0 Å². The zero-order valence-electron chi connectivity index (χ0n) is 12.4. The van der Waals surface area contributed by atoms with E-state index in [9.17, 15) is 9.59 Å². The van der Waals surface area contributed by atoms with Crippen molar-refractivity contribution in [1.29, 1.82) is 0 Å².